The fourth-order valence-corrected chi connectivity index (χ4v) is 3.87. The second-order valence-corrected chi connectivity index (χ2v) is 7.59. The van der Waals surface area contributed by atoms with E-state index in [0.29, 0.717) is 30.8 Å². The Kier molecular flexibility index (Phi) is 5.55. The number of nitrogens with zero attached hydrogens (tertiary/aromatic N) is 3. The van der Waals surface area contributed by atoms with Gasteiger partial charge >= 0.3 is 0 Å². The van der Waals surface area contributed by atoms with E-state index >= 15 is 0 Å². The molecule has 2 aliphatic heterocycles. The maximum Gasteiger partial charge on any atom is 0.273 e. The number of anilines is 1. The third-order valence-electron chi connectivity index (χ3n) is 5.38. The monoisotopic (exact) mass is 392 g/mol. The fourth-order valence-electron chi connectivity index (χ4n) is 3.87. The highest BCUT2D eigenvalue weighted by molar-refractivity contribution is 6.43. The number of benzene rings is 1. The standard InChI is InChI=1S/C22H24N4O3/c27-20(10-9-17-6-2-1-3-7-17)26-13-5-11-22(16-26)14-19(25-29-22)21(28)24-18-8-4-12-23-15-18/h1-4,6-8,12,15H,5,9-11,13-14,16H2,(H,24,28). The van der Waals surface area contributed by atoms with Gasteiger partial charge in [-0.15, -0.1) is 0 Å². The van der Waals surface area contributed by atoms with Crippen LogP contribution in [0.25, 0.3) is 0 Å². The number of rotatable bonds is 5. The molecular formula is C22H24N4O3. The number of carbonyl (C=O) groups is 2. The molecule has 7 heteroatoms. The number of carbonyl (C=O) groups excluding carboxylic acids is 2. The number of aromatic nitrogens is 1. The number of hydrogen-bond acceptors (Lipinski definition) is 5. The van der Waals surface area contributed by atoms with Gasteiger partial charge in [-0.25, -0.2) is 0 Å². The van der Waals surface area contributed by atoms with E-state index in [1.165, 1.54) is 0 Å². The van der Waals surface area contributed by atoms with E-state index < -0.39 is 5.60 Å². The molecule has 2 aromatic rings. The summed E-state index contributed by atoms with van der Waals surface area (Å²) in [6, 6.07) is 13.5. The normalized spacial score (nSPS) is 20.8. The van der Waals surface area contributed by atoms with Crippen LogP contribution < -0.4 is 5.32 Å². The summed E-state index contributed by atoms with van der Waals surface area (Å²) < 4.78 is 0. The minimum atomic E-state index is -0.595. The lowest BCUT2D eigenvalue weighted by molar-refractivity contribution is -0.140. The van der Waals surface area contributed by atoms with Crippen molar-refractivity contribution < 1.29 is 14.4 Å². The third kappa shape index (κ3) is 4.62. The quantitative estimate of drug-likeness (QED) is 0.848. The molecule has 1 unspecified atom stereocenters. The smallest absolute Gasteiger partial charge is 0.273 e. The van der Waals surface area contributed by atoms with Crippen molar-refractivity contribution in [3.8, 4) is 0 Å². The summed E-state index contributed by atoms with van der Waals surface area (Å²) in [6.07, 6.45) is 6.44. The second-order valence-electron chi connectivity index (χ2n) is 7.59. The average molecular weight is 392 g/mol. The van der Waals surface area contributed by atoms with Crippen LogP contribution in [-0.4, -0.2) is 46.1 Å². The molecule has 2 aliphatic rings. The van der Waals surface area contributed by atoms with Crippen molar-refractivity contribution in [2.45, 2.75) is 37.7 Å². The number of nitrogens with one attached hydrogen (secondary N) is 1. The number of likely N-dealkylation sites (tertiary alicyclic amines) is 1. The summed E-state index contributed by atoms with van der Waals surface area (Å²) in [6.45, 7) is 1.18. The first-order chi connectivity index (χ1) is 14.1. The van der Waals surface area contributed by atoms with Gasteiger partial charge < -0.3 is 15.1 Å². The lowest BCUT2D eigenvalue weighted by Crippen LogP contribution is -2.50. The van der Waals surface area contributed by atoms with Crippen molar-refractivity contribution in [2.24, 2.45) is 5.16 Å². The first kappa shape index (κ1) is 19.1. The Balaban J connectivity index is 1.32. The lowest BCUT2D eigenvalue weighted by Gasteiger charge is -2.38. The van der Waals surface area contributed by atoms with Gasteiger partial charge in [0.2, 0.25) is 5.91 Å². The Morgan fingerprint density at radius 2 is 2.03 bits per heavy atom. The summed E-state index contributed by atoms with van der Waals surface area (Å²) in [5, 5.41) is 6.83. The van der Waals surface area contributed by atoms with E-state index in [2.05, 4.69) is 15.5 Å². The highest BCUT2D eigenvalue weighted by Gasteiger charge is 2.45. The summed E-state index contributed by atoms with van der Waals surface area (Å²) >= 11 is 0. The molecule has 1 saturated heterocycles. The van der Waals surface area contributed by atoms with Gasteiger partial charge in [-0.3, -0.25) is 14.6 Å². The van der Waals surface area contributed by atoms with E-state index in [-0.39, 0.29) is 11.8 Å². The lowest BCUT2D eigenvalue weighted by atomic mass is 9.87. The van der Waals surface area contributed by atoms with Gasteiger partial charge in [-0.1, -0.05) is 35.5 Å². The Morgan fingerprint density at radius 3 is 2.83 bits per heavy atom. The highest BCUT2D eigenvalue weighted by atomic mass is 16.7. The van der Waals surface area contributed by atoms with E-state index in [4.69, 9.17) is 4.84 Å². The number of pyridine rings is 1. The Morgan fingerprint density at radius 1 is 1.17 bits per heavy atom. The van der Waals surface area contributed by atoms with Crippen LogP contribution >= 0.6 is 0 Å². The van der Waals surface area contributed by atoms with Crippen LogP contribution in [-0.2, 0) is 20.8 Å². The summed E-state index contributed by atoms with van der Waals surface area (Å²) in [4.78, 5) is 36.8. The van der Waals surface area contributed by atoms with Crippen molar-refractivity contribution in [2.75, 3.05) is 18.4 Å². The first-order valence-corrected chi connectivity index (χ1v) is 9.92. The summed E-state index contributed by atoms with van der Waals surface area (Å²) in [7, 11) is 0. The highest BCUT2D eigenvalue weighted by Crippen LogP contribution is 2.34. The molecule has 0 bridgehead atoms. The molecule has 1 aromatic carbocycles. The Bertz CT molecular complexity index is 901. The number of amides is 2. The molecule has 150 valence electrons. The van der Waals surface area contributed by atoms with Crippen LogP contribution in [0.4, 0.5) is 5.69 Å². The molecule has 1 fully saturated rings. The molecule has 0 radical (unpaired) electrons. The predicted molar refractivity (Wildman–Crippen MR) is 109 cm³/mol. The van der Waals surface area contributed by atoms with Crippen molar-refractivity contribution >= 4 is 23.2 Å². The number of aryl methyl sites for hydroxylation is 1. The van der Waals surface area contributed by atoms with Gasteiger partial charge in [-0.2, -0.15) is 0 Å². The van der Waals surface area contributed by atoms with Gasteiger partial charge in [0, 0.05) is 25.6 Å². The largest absolute Gasteiger partial charge is 0.386 e. The average Bonchev–Trinajstić information content (AvgIpc) is 3.16. The maximum atomic E-state index is 12.7. The van der Waals surface area contributed by atoms with Crippen LogP contribution in [0, 0.1) is 0 Å². The van der Waals surface area contributed by atoms with E-state index in [1.807, 2.05) is 35.2 Å². The first-order valence-electron chi connectivity index (χ1n) is 9.92. The zero-order valence-electron chi connectivity index (χ0n) is 16.2. The van der Waals surface area contributed by atoms with Gasteiger partial charge in [0.25, 0.3) is 5.91 Å². The molecule has 1 N–H and O–H groups in total. The van der Waals surface area contributed by atoms with Crippen LogP contribution in [0.1, 0.15) is 31.2 Å². The Hall–Kier alpha value is -3.22. The molecule has 7 nitrogen and oxygen atoms in total. The van der Waals surface area contributed by atoms with Crippen LogP contribution in [0.3, 0.4) is 0 Å². The topological polar surface area (TPSA) is 83.9 Å². The van der Waals surface area contributed by atoms with Crippen molar-refractivity contribution in [3.05, 3.63) is 60.4 Å². The number of hydrogen-bond donors (Lipinski definition) is 1. The molecule has 3 heterocycles. The second kappa shape index (κ2) is 8.43. The van der Waals surface area contributed by atoms with Gasteiger partial charge in [0.05, 0.1) is 18.4 Å². The molecule has 0 aliphatic carbocycles. The zero-order chi connectivity index (χ0) is 20.1. The summed E-state index contributed by atoms with van der Waals surface area (Å²) in [5.41, 5.74) is 1.53. The minimum Gasteiger partial charge on any atom is -0.386 e. The number of piperidine rings is 1. The van der Waals surface area contributed by atoms with Crippen molar-refractivity contribution in [1.82, 2.24) is 9.88 Å². The SMILES string of the molecule is O=C(Nc1cccnc1)C1=NOC2(CCCN(C(=O)CCc3ccccc3)C2)C1. The molecule has 4 rings (SSSR count). The molecule has 0 saturated carbocycles. The molecule has 1 atom stereocenters. The summed E-state index contributed by atoms with van der Waals surface area (Å²) in [5.74, 6) is -0.174. The molecule has 1 aromatic heterocycles. The number of oxime groups is 1. The molecule has 2 amide bonds. The van der Waals surface area contributed by atoms with Crippen LogP contribution in [0.5, 0.6) is 0 Å². The zero-order valence-corrected chi connectivity index (χ0v) is 16.2. The van der Waals surface area contributed by atoms with Crippen molar-refractivity contribution in [1.29, 1.82) is 0 Å². The van der Waals surface area contributed by atoms with E-state index in [9.17, 15) is 9.59 Å². The van der Waals surface area contributed by atoms with Crippen LogP contribution in [0.2, 0.25) is 0 Å². The molecular weight excluding hydrogens is 368 g/mol. The predicted octanol–water partition coefficient (Wildman–Crippen LogP) is 2.79. The van der Waals surface area contributed by atoms with Gasteiger partial charge in [0.15, 0.2) is 5.60 Å². The van der Waals surface area contributed by atoms with Gasteiger partial charge in [0.1, 0.15) is 5.71 Å². The van der Waals surface area contributed by atoms with Gasteiger partial charge in [-0.05, 0) is 37.0 Å². The Labute approximate surface area is 169 Å². The van der Waals surface area contributed by atoms with E-state index in [0.717, 1.165) is 31.4 Å². The maximum absolute atomic E-state index is 12.7. The fraction of sp³-hybridized carbons (Fsp3) is 0.364. The van der Waals surface area contributed by atoms with Crippen molar-refractivity contribution in [3.63, 3.8) is 0 Å². The van der Waals surface area contributed by atoms with Crippen LogP contribution in [0.15, 0.2) is 60.0 Å². The minimum absolute atomic E-state index is 0.116. The molecule has 1 spiro atoms. The van der Waals surface area contributed by atoms with E-state index in [1.54, 1.807) is 24.5 Å². The molecule has 29 heavy (non-hydrogen) atoms. The third-order valence-corrected chi connectivity index (χ3v) is 5.38.